The van der Waals surface area contributed by atoms with Crippen molar-refractivity contribution in [2.24, 2.45) is 5.84 Å². The molecule has 10 heteroatoms. The molecule has 0 saturated carbocycles. The van der Waals surface area contributed by atoms with Crippen LogP contribution >= 0.6 is 0 Å². The zero-order chi connectivity index (χ0) is 13.4. The molecule has 0 aliphatic heterocycles. The highest BCUT2D eigenvalue weighted by molar-refractivity contribution is 5.55. The van der Waals surface area contributed by atoms with Crippen molar-refractivity contribution in [3.8, 4) is 5.75 Å². The highest BCUT2D eigenvalue weighted by Crippen LogP contribution is 2.24. The maximum absolute atomic E-state index is 10.4. The standard InChI is InChI=1S/C7H9N3O3.HNO3/c1-13-7-3-5(9-8)2-6(4-7)10(11)12;2-1(3)4/h2-4,9H,8H2,1H3;(H,2,3,4). The Morgan fingerprint density at radius 3 is 2.24 bits per heavy atom. The first-order valence-corrected chi connectivity index (χ1v) is 4.04. The molecule has 0 atom stereocenters. The third kappa shape index (κ3) is 5.74. The fraction of sp³-hybridized carbons (Fsp3) is 0.143. The minimum atomic E-state index is -1.50. The van der Waals surface area contributed by atoms with Gasteiger partial charge in [0.2, 0.25) is 0 Å². The number of nitro benzene ring substituents is 1. The average Bonchev–Trinajstić information content (AvgIpc) is 2.27. The molecule has 1 aromatic carbocycles. The SMILES string of the molecule is COc1cc(NN)cc([N+](=O)[O-])c1.O=[N+]([O-])O. The Labute approximate surface area is 94.8 Å². The van der Waals surface area contributed by atoms with Crippen LogP contribution in [0, 0.1) is 20.2 Å². The molecule has 0 fully saturated rings. The number of nitrogens with one attached hydrogen (secondary N) is 1. The van der Waals surface area contributed by atoms with Crippen molar-refractivity contribution >= 4 is 11.4 Å². The average molecular weight is 246 g/mol. The molecule has 0 radical (unpaired) electrons. The Kier molecular flexibility index (Phi) is 5.74. The number of anilines is 1. The number of hydrazine groups is 1. The predicted octanol–water partition coefficient (Wildman–Crippen LogP) is 0.541. The molecule has 0 amide bonds. The lowest BCUT2D eigenvalue weighted by atomic mass is 10.2. The van der Waals surface area contributed by atoms with Gasteiger partial charge in [-0.05, 0) is 0 Å². The molecule has 0 aromatic heterocycles. The van der Waals surface area contributed by atoms with E-state index in [2.05, 4.69) is 5.43 Å². The van der Waals surface area contributed by atoms with Crippen molar-refractivity contribution in [1.29, 1.82) is 0 Å². The van der Waals surface area contributed by atoms with E-state index in [0.717, 1.165) is 0 Å². The van der Waals surface area contributed by atoms with Crippen LogP contribution in [0.15, 0.2) is 18.2 Å². The van der Waals surface area contributed by atoms with Gasteiger partial charge in [-0.2, -0.15) is 0 Å². The summed E-state index contributed by atoms with van der Waals surface area (Å²) in [6, 6.07) is 4.20. The van der Waals surface area contributed by atoms with Gasteiger partial charge in [0.1, 0.15) is 5.75 Å². The Balaban J connectivity index is 0.000000557. The van der Waals surface area contributed by atoms with E-state index < -0.39 is 10.0 Å². The molecule has 17 heavy (non-hydrogen) atoms. The van der Waals surface area contributed by atoms with Gasteiger partial charge in [-0.1, -0.05) is 0 Å². The number of methoxy groups -OCH3 is 1. The second-order valence-corrected chi connectivity index (χ2v) is 2.56. The fourth-order valence-electron chi connectivity index (χ4n) is 0.890. The van der Waals surface area contributed by atoms with E-state index in [1.165, 1.54) is 19.2 Å². The van der Waals surface area contributed by atoms with Crippen molar-refractivity contribution in [1.82, 2.24) is 0 Å². The van der Waals surface area contributed by atoms with E-state index >= 15 is 0 Å². The molecule has 0 aliphatic carbocycles. The van der Waals surface area contributed by atoms with Crippen LogP contribution in [0.4, 0.5) is 11.4 Å². The van der Waals surface area contributed by atoms with Crippen molar-refractivity contribution in [3.05, 3.63) is 38.4 Å². The van der Waals surface area contributed by atoms with Crippen molar-refractivity contribution in [2.75, 3.05) is 12.5 Å². The van der Waals surface area contributed by atoms with E-state index in [-0.39, 0.29) is 5.69 Å². The van der Waals surface area contributed by atoms with Crippen LogP contribution in [0.3, 0.4) is 0 Å². The van der Waals surface area contributed by atoms with Gasteiger partial charge in [-0.15, -0.1) is 10.1 Å². The molecule has 1 aromatic rings. The normalized spacial score (nSPS) is 8.59. The van der Waals surface area contributed by atoms with Crippen LogP contribution in [0.5, 0.6) is 5.75 Å². The lowest BCUT2D eigenvalue weighted by molar-refractivity contribution is -0.742. The van der Waals surface area contributed by atoms with Crippen LogP contribution in [-0.2, 0) is 0 Å². The van der Waals surface area contributed by atoms with Crippen molar-refractivity contribution in [3.63, 3.8) is 0 Å². The maximum atomic E-state index is 10.4. The Morgan fingerprint density at radius 1 is 1.35 bits per heavy atom. The molecule has 0 spiro atoms. The number of nitrogens with two attached hydrogens (primary N) is 1. The first-order chi connectivity index (χ1) is 7.90. The van der Waals surface area contributed by atoms with E-state index in [0.29, 0.717) is 11.4 Å². The highest BCUT2D eigenvalue weighted by atomic mass is 16.9. The molecule has 0 saturated heterocycles. The third-order valence-electron chi connectivity index (χ3n) is 1.50. The lowest BCUT2D eigenvalue weighted by Gasteiger charge is -2.03. The van der Waals surface area contributed by atoms with E-state index in [4.69, 9.17) is 25.9 Å². The van der Waals surface area contributed by atoms with Gasteiger partial charge in [-0.25, -0.2) is 0 Å². The summed E-state index contributed by atoms with van der Waals surface area (Å²) in [4.78, 5) is 18.3. The van der Waals surface area contributed by atoms with Crippen molar-refractivity contribution < 1.29 is 20.0 Å². The van der Waals surface area contributed by atoms with Crippen LogP contribution in [0.25, 0.3) is 0 Å². The van der Waals surface area contributed by atoms with Gasteiger partial charge < -0.3 is 15.4 Å². The van der Waals surface area contributed by atoms with E-state index in [1.54, 1.807) is 6.07 Å². The Bertz CT molecular complexity index is 383. The topological polar surface area (TPSA) is 154 Å². The number of rotatable bonds is 3. The molecular formula is C7H10N4O6. The molecular weight excluding hydrogens is 236 g/mol. The summed E-state index contributed by atoms with van der Waals surface area (Å²) in [6.07, 6.45) is 0. The number of nitrogens with zero attached hydrogens (tertiary/aromatic N) is 2. The van der Waals surface area contributed by atoms with Crippen LogP contribution in [0.2, 0.25) is 0 Å². The lowest BCUT2D eigenvalue weighted by Crippen LogP contribution is -2.07. The summed E-state index contributed by atoms with van der Waals surface area (Å²) in [5, 5.41) is 24.1. The number of hydrogen-bond donors (Lipinski definition) is 3. The highest BCUT2D eigenvalue weighted by Gasteiger charge is 2.08. The second-order valence-electron chi connectivity index (χ2n) is 2.56. The van der Waals surface area contributed by atoms with Crippen molar-refractivity contribution in [2.45, 2.75) is 0 Å². The summed E-state index contributed by atoms with van der Waals surface area (Å²) >= 11 is 0. The summed E-state index contributed by atoms with van der Waals surface area (Å²) < 4.78 is 4.85. The molecule has 1 rings (SSSR count). The quantitative estimate of drug-likeness (QED) is 0.396. The first-order valence-electron chi connectivity index (χ1n) is 4.04. The molecule has 94 valence electrons. The molecule has 10 nitrogen and oxygen atoms in total. The number of ether oxygens (including phenoxy) is 1. The van der Waals surface area contributed by atoms with Gasteiger partial charge in [0.15, 0.2) is 0 Å². The maximum Gasteiger partial charge on any atom is 0.291 e. The van der Waals surface area contributed by atoms with Crippen LogP contribution in [-0.4, -0.2) is 22.3 Å². The molecule has 0 bridgehead atoms. The molecule has 4 N–H and O–H groups in total. The van der Waals surface area contributed by atoms with Crippen LogP contribution < -0.4 is 16.0 Å². The van der Waals surface area contributed by atoms with Gasteiger partial charge in [0.25, 0.3) is 10.8 Å². The van der Waals surface area contributed by atoms with E-state index in [9.17, 15) is 10.1 Å². The largest absolute Gasteiger partial charge is 0.496 e. The van der Waals surface area contributed by atoms with Gasteiger partial charge >= 0.3 is 0 Å². The minimum Gasteiger partial charge on any atom is -0.496 e. The van der Waals surface area contributed by atoms with Gasteiger partial charge in [0, 0.05) is 12.1 Å². The molecule has 0 aliphatic rings. The monoisotopic (exact) mass is 246 g/mol. The van der Waals surface area contributed by atoms with E-state index in [1.807, 2.05) is 0 Å². The Hall–Kier alpha value is -2.62. The minimum absolute atomic E-state index is 0.0627. The second kappa shape index (κ2) is 6.79. The van der Waals surface area contributed by atoms with Crippen LogP contribution in [0.1, 0.15) is 0 Å². The van der Waals surface area contributed by atoms with Gasteiger partial charge in [0.05, 0.1) is 23.8 Å². The summed E-state index contributed by atoms with van der Waals surface area (Å²) in [6.45, 7) is 0. The first kappa shape index (κ1) is 14.4. The van der Waals surface area contributed by atoms with Gasteiger partial charge in [-0.3, -0.25) is 16.0 Å². The third-order valence-corrected chi connectivity index (χ3v) is 1.50. The molecule has 0 heterocycles. The Morgan fingerprint density at radius 2 is 1.88 bits per heavy atom. The molecule has 0 unspecified atom stereocenters. The fourth-order valence-corrected chi connectivity index (χ4v) is 0.890. The number of non-ortho nitro benzene ring substituents is 1. The summed E-state index contributed by atoms with van der Waals surface area (Å²) in [5.74, 6) is 5.51. The zero-order valence-corrected chi connectivity index (χ0v) is 8.69. The number of benzene rings is 1. The number of nitro groups is 1. The summed E-state index contributed by atoms with van der Waals surface area (Å²) in [5.41, 5.74) is 2.69. The number of hydrogen-bond acceptors (Lipinski definition) is 7. The smallest absolute Gasteiger partial charge is 0.291 e. The zero-order valence-electron chi connectivity index (χ0n) is 8.69. The summed E-state index contributed by atoms with van der Waals surface area (Å²) in [7, 11) is 1.43. The number of nitrogen functional groups attached to an aromatic ring is 1. The predicted molar refractivity (Wildman–Crippen MR) is 56.2 cm³/mol.